The molecule has 0 aliphatic rings. The monoisotopic (exact) mass is 350 g/mol. The molecule has 0 saturated carbocycles. The Hall–Kier alpha value is -1.46. The number of nitrogens with zero attached hydrogens (tertiary/aromatic N) is 4. The lowest BCUT2D eigenvalue weighted by Crippen LogP contribution is -2.06. The second-order valence-electron chi connectivity index (χ2n) is 4.42. The van der Waals surface area contributed by atoms with Gasteiger partial charge in [0.15, 0.2) is 5.65 Å². The summed E-state index contributed by atoms with van der Waals surface area (Å²) in [6.45, 7) is 0.791. The molecule has 0 bridgehead atoms. The van der Waals surface area contributed by atoms with Gasteiger partial charge in [-0.3, -0.25) is 4.98 Å². The van der Waals surface area contributed by atoms with Crippen molar-refractivity contribution in [2.24, 2.45) is 0 Å². The van der Waals surface area contributed by atoms with Gasteiger partial charge in [-0.15, -0.1) is 11.6 Å². The molecule has 0 fully saturated rings. The minimum Gasteiger partial charge on any atom is -0.311 e. The second kappa shape index (κ2) is 5.89. The van der Waals surface area contributed by atoms with Gasteiger partial charge in [-0.05, 0) is 40.0 Å². The smallest absolute Gasteiger partial charge is 0.160 e. The maximum atomic E-state index is 5.99. The Morgan fingerprint density at radius 3 is 2.95 bits per heavy atom. The first kappa shape index (κ1) is 13.5. The summed E-state index contributed by atoms with van der Waals surface area (Å²) < 4.78 is 2.99. The topological polar surface area (TPSA) is 43.6 Å². The lowest BCUT2D eigenvalue weighted by molar-refractivity contribution is 0.681. The van der Waals surface area contributed by atoms with Crippen molar-refractivity contribution in [1.29, 1.82) is 0 Å². The molecule has 0 aliphatic carbocycles. The SMILES string of the molecule is ClCc1nc2cc(Br)cnc2n1CCc1cccnc1. The molecule has 0 aromatic carbocycles. The number of aryl methyl sites for hydroxylation is 2. The van der Waals surface area contributed by atoms with Gasteiger partial charge in [0.25, 0.3) is 0 Å². The predicted molar refractivity (Wildman–Crippen MR) is 82.7 cm³/mol. The maximum Gasteiger partial charge on any atom is 0.160 e. The first-order valence-electron chi connectivity index (χ1n) is 6.23. The van der Waals surface area contributed by atoms with Gasteiger partial charge in [0.1, 0.15) is 11.3 Å². The summed E-state index contributed by atoms with van der Waals surface area (Å²) in [7, 11) is 0. The number of pyridine rings is 2. The first-order chi connectivity index (χ1) is 9.78. The van der Waals surface area contributed by atoms with Crippen molar-refractivity contribution in [3.63, 3.8) is 0 Å². The molecule has 3 aromatic rings. The van der Waals surface area contributed by atoms with E-state index in [1.54, 1.807) is 12.4 Å². The highest BCUT2D eigenvalue weighted by atomic mass is 79.9. The molecule has 0 radical (unpaired) electrons. The van der Waals surface area contributed by atoms with E-state index < -0.39 is 0 Å². The second-order valence-corrected chi connectivity index (χ2v) is 5.60. The van der Waals surface area contributed by atoms with E-state index >= 15 is 0 Å². The summed E-state index contributed by atoms with van der Waals surface area (Å²) in [6.07, 6.45) is 6.31. The molecular weight excluding hydrogens is 340 g/mol. The number of fused-ring (bicyclic) bond motifs is 1. The van der Waals surface area contributed by atoms with Gasteiger partial charge >= 0.3 is 0 Å². The molecule has 0 N–H and O–H groups in total. The molecule has 0 spiro atoms. The van der Waals surface area contributed by atoms with Crippen LogP contribution in [0.2, 0.25) is 0 Å². The quantitative estimate of drug-likeness (QED) is 0.675. The Kier molecular flexibility index (Phi) is 3.98. The molecule has 3 heterocycles. The normalized spacial score (nSPS) is 11.1. The van der Waals surface area contributed by atoms with Crippen LogP contribution in [-0.2, 0) is 18.8 Å². The van der Waals surface area contributed by atoms with E-state index in [0.29, 0.717) is 5.88 Å². The van der Waals surface area contributed by atoms with Crippen molar-refractivity contribution in [2.75, 3.05) is 0 Å². The van der Waals surface area contributed by atoms with Gasteiger partial charge < -0.3 is 4.57 Å². The summed E-state index contributed by atoms with van der Waals surface area (Å²) >= 11 is 9.40. The Morgan fingerprint density at radius 2 is 2.20 bits per heavy atom. The molecule has 102 valence electrons. The van der Waals surface area contributed by atoms with Crippen LogP contribution in [0, 0.1) is 0 Å². The third-order valence-electron chi connectivity index (χ3n) is 3.10. The van der Waals surface area contributed by atoms with Crippen LogP contribution in [-0.4, -0.2) is 19.5 Å². The molecule has 0 unspecified atom stereocenters. The summed E-state index contributed by atoms with van der Waals surface area (Å²) in [5.41, 5.74) is 2.92. The van der Waals surface area contributed by atoms with E-state index in [0.717, 1.165) is 34.4 Å². The van der Waals surface area contributed by atoms with E-state index in [2.05, 4.69) is 41.5 Å². The van der Waals surface area contributed by atoms with Crippen LogP contribution >= 0.6 is 27.5 Å². The van der Waals surface area contributed by atoms with Crippen molar-refractivity contribution in [3.8, 4) is 0 Å². The number of hydrogen-bond acceptors (Lipinski definition) is 3. The lowest BCUT2D eigenvalue weighted by Gasteiger charge is -2.06. The molecule has 20 heavy (non-hydrogen) atoms. The van der Waals surface area contributed by atoms with Crippen LogP contribution < -0.4 is 0 Å². The van der Waals surface area contributed by atoms with E-state index in [1.807, 2.05) is 18.3 Å². The third-order valence-corrected chi connectivity index (χ3v) is 3.77. The predicted octanol–water partition coefficient (Wildman–Crippen LogP) is 3.57. The van der Waals surface area contributed by atoms with Gasteiger partial charge in [0.2, 0.25) is 0 Å². The van der Waals surface area contributed by atoms with E-state index in [4.69, 9.17) is 11.6 Å². The fraction of sp³-hybridized carbons (Fsp3) is 0.214. The van der Waals surface area contributed by atoms with Crippen molar-refractivity contribution < 1.29 is 0 Å². The summed E-state index contributed by atoms with van der Waals surface area (Å²) in [5.74, 6) is 1.22. The largest absolute Gasteiger partial charge is 0.311 e. The zero-order chi connectivity index (χ0) is 13.9. The standard InChI is InChI=1S/C14H12BrClN4/c15-11-6-12-14(18-9-11)20(13(7-16)19-12)5-3-10-2-1-4-17-8-10/h1-2,4,6,8-9H,3,5,7H2. The molecule has 0 amide bonds. The summed E-state index contributed by atoms with van der Waals surface area (Å²) in [4.78, 5) is 13.1. The summed E-state index contributed by atoms with van der Waals surface area (Å²) in [6, 6.07) is 5.97. The van der Waals surface area contributed by atoms with Crippen molar-refractivity contribution in [2.45, 2.75) is 18.8 Å². The van der Waals surface area contributed by atoms with Crippen molar-refractivity contribution in [3.05, 3.63) is 52.7 Å². The lowest BCUT2D eigenvalue weighted by atomic mass is 10.2. The Labute approximate surface area is 130 Å². The minimum atomic E-state index is 0.376. The van der Waals surface area contributed by atoms with E-state index in [-0.39, 0.29) is 0 Å². The molecule has 3 aromatic heterocycles. The minimum absolute atomic E-state index is 0.376. The molecule has 0 aliphatic heterocycles. The van der Waals surface area contributed by atoms with Gasteiger partial charge in [0.05, 0.1) is 5.88 Å². The van der Waals surface area contributed by atoms with Gasteiger partial charge in [-0.2, -0.15) is 0 Å². The third kappa shape index (κ3) is 2.69. The molecular formula is C14H12BrClN4. The van der Waals surface area contributed by atoms with Crippen LogP contribution in [0.3, 0.4) is 0 Å². The van der Waals surface area contributed by atoms with Gasteiger partial charge in [-0.1, -0.05) is 6.07 Å². The van der Waals surface area contributed by atoms with Gasteiger partial charge in [0, 0.05) is 29.6 Å². The average Bonchev–Trinajstić information content (AvgIpc) is 2.83. The van der Waals surface area contributed by atoms with Crippen molar-refractivity contribution >= 4 is 38.7 Å². The summed E-state index contributed by atoms with van der Waals surface area (Å²) in [5, 5.41) is 0. The number of aromatic nitrogens is 4. The molecule has 4 nitrogen and oxygen atoms in total. The fourth-order valence-corrected chi connectivity index (χ4v) is 2.68. The zero-order valence-corrected chi connectivity index (χ0v) is 13.0. The van der Waals surface area contributed by atoms with Gasteiger partial charge in [-0.25, -0.2) is 9.97 Å². The number of hydrogen-bond donors (Lipinski definition) is 0. The average molecular weight is 352 g/mol. The molecule has 0 saturated heterocycles. The number of rotatable bonds is 4. The van der Waals surface area contributed by atoms with Crippen LogP contribution in [0.15, 0.2) is 41.3 Å². The Balaban J connectivity index is 1.93. The Bertz CT molecular complexity index is 727. The van der Waals surface area contributed by atoms with E-state index in [9.17, 15) is 0 Å². The number of halogens is 2. The van der Waals surface area contributed by atoms with E-state index in [1.165, 1.54) is 5.56 Å². The highest BCUT2D eigenvalue weighted by Gasteiger charge is 2.11. The zero-order valence-electron chi connectivity index (χ0n) is 10.6. The highest BCUT2D eigenvalue weighted by molar-refractivity contribution is 9.10. The highest BCUT2D eigenvalue weighted by Crippen LogP contribution is 2.20. The fourth-order valence-electron chi connectivity index (χ4n) is 2.16. The van der Waals surface area contributed by atoms with Crippen molar-refractivity contribution in [1.82, 2.24) is 19.5 Å². The van der Waals surface area contributed by atoms with Crippen LogP contribution in [0.5, 0.6) is 0 Å². The number of alkyl halides is 1. The first-order valence-corrected chi connectivity index (χ1v) is 7.56. The maximum absolute atomic E-state index is 5.99. The Morgan fingerprint density at radius 1 is 1.30 bits per heavy atom. The number of imidazole rings is 1. The van der Waals surface area contributed by atoms with Crippen LogP contribution in [0.25, 0.3) is 11.2 Å². The molecule has 3 rings (SSSR count). The van der Waals surface area contributed by atoms with Crippen LogP contribution in [0.4, 0.5) is 0 Å². The molecule has 0 atom stereocenters. The van der Waals surface area contributed by atoms with Crippen LogP contribution in [0.1, 0.15) is 11.4 Å². The molecule has 6 heteroatoms.